The van der Waals surface area contributed by atoms with Crippen LogP contribution in [0.3, 0.4) is 0 Å². The summed E-state index contributed by atoms with van der Waals surface area (Å²) in [4.78, 5) is 44.4. The predicted octanol–water partition coefficient (Wildman–Crippen LogP) is 5.96. The molecule has 3 aromatic carbocycles. The number of imide groups is 1. The summed E-state index contributed by atoms with van der Waals surface area (Å²) < 4.78 is 0. The molecule has 1 heterocycles. The van der Waals surface area contributed by atoms with Gasteiger partial charge in [-0.1, -0.05) is 92.7 Å². The van der Waals surface area contributed by atoms with Crippen LogP contribution in [-0.4, -0.2) is 17.6 Å². The van der Waals surface area contributed by atoms with Crippen LogP contribution in [0.25, 0.3) is 11.1 Å². The Bertz CT molecular complexity index is 1440. The number of Topliss-reactive ketones (excluding diaryl/α,β-unsaturated/α-hetero) is 1. The van der Waals surface area contributed by atoms with E-state index < -0.39 is 22.7 Å². The molecule has 0 unspecified atom stereocenters. The number of carbonyl (C=O) groups is 3. The maximum atomic E-state index is 14.5. The first-order valence-corrected chi connectivity index (χ1v) is 12.8. The summed E-state index contributed by atoms with van der Waals surface area (Å²) in [6, 6.07) is 27.5. The van der Waals surface area contributed by atoms with E-state index in [1.165, 1.54) is 4.90 Å². The number of rotatable bonds is 5. The first-order valence-electron chi connectivity index (χ1n) is 12.8. The van der Waals surface area contributed by atoms with Crippen LogP contribution < -0.4 is 4.90 Å². The van der Waals surface area contributed by atoms with E-state index in [4.69, 9.17) is 0 Å². The number of ketones is 1. The van der Waals surface area contributed by atoms with E-state index in [1.807, 2.05) is 106 Å². The van der Waals surface area contributed by atoms with Crippen molar-refractivity contribution in [3.63, 3.8) is 0 Å². The van der Waals surface area contributed by atoms with Gasteiger partial charge >= 0.3 is 0 Å². The zero-order valence-corrected chi connectivity index (χ0v) is 20.8. The van der Waals surface area contributed by atoms with Crippen molar-refractivity contribution in [3.05, 3.63) is 102 Å². The Kier molecular flexibility index (Phi) is 4.95. The number of fused-ring (bicyclic) bond motifs is 5. The highest BCUT2D eigenvalue weighted by Crippen LogP contribution is 2.74. The molecule has 2 aliphatic carbocycles. The van der Waals surface area contributed by atoms with E-state index in [-0.39, 0.29) is 17.6 Å². The molecule has 0 aromatic heterocycles. The van der Waals surface area contributed by atoms with Crippen LogP contribution in [-0.2, 0) is 20.8 Å². The number of hydrogen-bond acceptors (Lipinski definition) is 3. The van der Waals surface area contributed by atoms with Crippen LogP contribution in [0.1, 0.15) is 43.9 Å². The third-order valence-corrected chi connectivity index (χ3v) is 8.85. The maximum absolute atomic E-state index is 14.5. The van der Waals surface area contributed by atoms with Crippen LogP contribution >= 0.6 is 0 Å². The molecule has 4 atom stereocenters. The van der Waals surface area contributed by atoms with Crippen LogP contribution in [0.5, 0.6) is 0 Å². The second kappa shape index (κ2) is 7.86. The lowest BCUT2D eigenvalue weighted by Crippen LogP contribution is -2.41. The van der Waals surface area contributed by atoms with E-state index in [2.05, 4.69) is 0 Å². The molecule has 0 spiro atoms. The van der Waals surface area contributed by atoms with Crippen LogP contribution in [0.2, 0.25) is 0 Å². The van der Waals surface area contributed by atoms with Gasteiger partial charge in [0.25, 0.3) is 0 Å². The Morgan fingerprint density at radius 2 is 1.22 bits per heavy atom. The molecule has 0 radical (unpaired) electrons. The van der Waals surface area contributed by atoms with Crippen molar-refractivity contribution in [2.45, 2.75) is 33.6 Å². The van der Waals surface area contributed by atoms with Gasteiger partial charge in [0.05, 0.1) is 28.4 Å². The average molecular weight is 476 g/mol. The normalized spacial score (nSPS) is 28.9. The molecule has 0 N–H and O–H groups in total. The zero-order chi connectivity index (χ0) is 25.2. The molecule has 4 heteroatoms. The topological polar surface area (TPSA) is 54.5 Å². The molecule has 2 fully saturated rings. The fraction of sp³-hybridized carbons (Fsp3) is 0.281. The summed E-state index contributed by atoms with van der Waals surface area (Å²) in [5.74, 6) is -1.91. The number of para-hydroxylation sites is 1. The van der Waals surface area contributed by atoms with Gasteiger partial charge in [-0.15, -0.1) is 0 Å². The molecule has 3 aliphatic rings. The fourth-order valence-electron chi connectivity index (χ4n) is 7.39. The highest BCUT2D eigenvalue weighted by atomic mass is 16.2. The van der Waals surface area contributed by atoms with E-state index in [9.17, 15) is 14.4 Å². The van der Waals surface area contributed by atoms with Crippen molar-refractivity contribution < 1.29 is 14.4 Å². The standard InChI is InChI=1S/C32H29NO3/c1-4-20-14-12-13-19-23(20)33-28(34)26-27(29(33)35)32(5-2)25(22-17-10-7-11-18-22)24(31(26,3)30(32)36)21-15-8-6-9-16-21/h6-19,26-27H,4-5H2,1-3H3/t26-,27+,31-,32-/m0/s1. The Hall–Kier alpha value is -3.79. The molecule has 36 heavy (non-hydrogen) atoms. The molecular weight excluding hydrogens is 446 g/mol. The smallest absolute Gasteiger partial charge is 0.239 e. The minimum Gasteiger partial charge on any atom is -0.298 e. The lowest BCUT2D eigenvalue weighted by atomic mass is 9.62. The highest BCUT2D eigenvalue weighted by molar-refractivity contribution is 6.34. The second-order valence-corrected chi connectivity index (χ2v) is 10.3. The predicted molar refractivity (Wildman–Crippen MR) is 141 cm³/mol. The largest absolute Gasteiger partial charge is 0.298 e. The van der Waals surface area contributed by atoms with Crippen molar-refractivity contribution in [1.82, 2.24) is 0 Å². The van der Waals surface area contributed by atoms with Gasteiger partial charge in [0, 0.05) is 0 Å². The van der Waals surface area contributed by atoms with E-state index in [1.54, 1.807) is 0 Å². The number of benzene rings is 3. The highest BCUT2D eigenvalue weighted by Gasteiger charge is 2.79. The SMILES string of the molecule is CCc1ccccc1N1C(=O)[C@@H]2[C@H](C1=O)[C@@]1(CC)C(=O)[C@@]2(C)C(c2ccccc2)=C1c1ccccc1. The maximum Gasteiger partial charge on any atom is 0.239 e. The number of aryl methyl sites for hydroxylation is 1. The molecule has 6 rings (SSSR count). The van der Waals surface area contributed by atoms with Gasteiger partial charge in [-0.25, -0.2) is 4.90 Å². The van der Waals surface area contributed by atoms with E-state index in [0.29, 0.717) is 18.5 Å². The first-order chi connectivity index (χ1) is 17.4. The van der Waals surface area contributed by atoms with Crippen molar-refractivity contribution >= 4 is 34.4 Å². The number of nitrogens with zero attached hydrogens (tertiary/aromatic N) is 1. The zero-order valence-electron chi connectivity index (χ0n) is 20.8. The fourth-order valence-corrected chi connectivity index (χ4v) is 7.39. The van der Waals surface area contributed by atoms with Crippen LogP contribution in [0.4, 0.5) is 5.69 Å². The minimum atomic E-state index is -1.09. The van der Waals surface area contributed by atoms with Crippen molar-refractivity contribution in [2.75, 3.05) is 4.90 Å². The third-order valence-electron chi connectivity index (χ3n) is 8.85. The minimum absolute atomic E-state index is 0.00957. The number of allylic oxidation sites excluding steroid dienone is 2. The van der Waals surface area contributed by atoms with Crippen molar-refractivity contribution in [1.29, 1.82) is 0 Å². The summed E-state index contributed by atoms with van der Waals surface area (Å²) in [5.41, 5.74) is 3.16. The van der Waals surface area contributed by atoms with Gasteiger partial charge in [0.15, 0.2) is 5.78 Å². The monoisotopic (exact) mass is 475 g/mol. The van der Waals surface area contributed by atoms with Gasteiger partial charge in [-0.3, -0.25) is 14.4 Å². The summed E-state index contributed by atoms with van der Waals surface area (Å²) in [6.45, 7) is 5.91. The van der Waals surface area contributed by atoms with E-state index >= 15 is 0 Å². The number of amides is 2. The summed E-state index contributed by atoms with van der Waals surface area (Å²) in [5, 5.41) is 0. The lowest BCUT2D eigenvalue weighted by molar-refractivity contribution is -0.134. The van der Waals surface area contributed by atoms with Gasteiger partial charge in [0.1, 0.15) is 0 Å². The molecule has 1 saturated heterocycles. The lowest BCUT2D eigenvalue weighted by Gasteiger charge is -2.37. The Morgan fingerprint density at radius 3 is 1.81 bits per heavy atom. The molecule has 1 saturated carbocycles. The number of carbonyl (C=O) groups excluding carboxylic acids is 3. The van der Waals surface area contributed by atoms with Gasteiger partial charge < -0.3 is 0 Å². The Morgan fingerprint density at radius 1 is 0.694 bits per heavy atom. The molecule has 180 valence electrons. The molecule has 2 bridgehead atoms. The van der Waals surface area contributed by atoms with Crippen LogP contribution in [0, 0.1) is 22.7 Å². The van der Waals surface area contributed by atoms with E-state index in [0.717, 1.165) is 27.8 Å². The quantitative estimate of drug-likeness (QED) is 0.428. The Labute approximate surface area is 211 Å². The molecule has 4 nitrogen and oxygen atoms in total. The second-order valence-electron chi connectivity index (χ2n) is 10.3. The van der Waals surface area contributed by atoms with Crippen molar-refractivity contribution in [2.24, 2.45) is 22.7 Å². The number of anilines is 1. The molecule has 2 amide bonds. The van der Waals surface area contributed by atoms with Crippen molar-refractivity contribution in [3.8, 4) is 0 Å². The van der Waals surface area contributed by atoms with Gasteiger partial charge in [-0.05, 0) is 53.7 Å². The summed E-state index contributed by atoms with van der Waals surface area (Å²) >= 11 is 0. The molecule has 3 aromatic rings. The summed E-state index contributed by atoms with van der Waals surface area (Å²) in [6.07, 6.45) is 1.17. The third kappa shape index (κ3) is 2.57. The number of hydrogen-bond donors (Lipinski definition) is 0. The van der Waals surface area contributed by atoms with Gasteiger partial charge in [0.2, 0.25) is 11.8 Å². The average Bonchev–Trinajstić information content (AvgIpc) is 3.39. The summed E-state index contributed by atoms with van der Waals surface area (Å²) in [7, 11) is 0. The molecular formula is C32H29NO3. The van der Waals surface area contributed by atoms with Crippen LogP contribution in [0.15, 0.2) is 84.9 Å². The molecule has 1 aliphatic heterocycles. The van der Waals surface area contributed by atoms with Gasteiger partial charge in [-0.2, -0.15) is 0 Å². The Balaban J connectivity index is 1.65. The first kappa shape index (κ1) is 22.7.